The van der Waals surface area contributed by atoms with Crippen LogP contribution in [0.4, 0.5) is 0 Å². The summed E-state index contributed by atoms with van der Waals surface area (Å²) >= 11 is 0. The van der Waals surface area contributed by atoms with Gasteiger partial charge in [-0.1, -0.05) is 26.8 Å². The van der Waals surface area contributed by atoms with Crippen LogP contribution >= 0.6 is 0 Å². The SMILES string of the molecule is CCNCc1ccc2nc(C(CC)CC)oc2c1. The van der Waals surface area contributed by atoms with Crippen LogP contribution in [0.1, 0.15) is 51.0 Å². The first-order valence-electron chi connectivity index (χ1n) is 6.88. The molecule has 2 aromatic rings. The molecule has 0 radical (unpaired) electrons. The first kappa shape index (κ1) is 13.1. The van der Waals surface area contributed by atoms with Gasteiger partial charge in [0.1, 0.15) is 5.52 Å². The summed E-state index contributed by atoms with van der Waals surface area (Å²) in [4.78, 5) is 4.59. The molecule has 0 bridgehead atoms. The van der Waals surface area contributed by atoms with Crippen LogP contribution in [0.25, 0.3) is 11.1 Å². The van der Waals surface area contributed by atoms with Crippen LogP contribution in [-0.2, 0) is 6.54 Å². The molecule has 0 atom stereocenters. The lowest BCUT2D eigenvalue weighted by atomic mass is 10.0. The maximum Gasteiger partial charge on any atom is 0.198 e. The van der Waals surface area contributed by atoms with Crippen LogP contribution < -0.4 is 5.32 Å². The third-order valence-electron chi connectivity index (χ3n) is 3.38. The van der Waals surface area contributed by atoms with Gasteiger partial charge in [-0.05, 0) is 37.1 Å². The number of hydrogen-bond acceptors (Lipinski definition) is 3. The zero-order chi connectivity index (χ0) is 13.0. The quantitative estimate of drug-likeness (QED) is 0.841. The molecule has 1 N–H and O–H groups in total. The minimum absolute atomic E-state index is 0.439. The Hall–Kier alpha value is -1.35. The Bertz CT molecular complexity index is 500. The van der Waals surface area contributed by atoms with Gasteiger partial charge in [-0.25, -0.2) is 4.98 Å². The van der Waals surface area contributed by atoms with E-state index < -0.39 is 0 Å². The molecule has 98 valence electrons. The predicted molar refractivity (Wildman–Crippen MR) is 74.7 cm³/mol. The normalized spacial score (nSPS) is 11.6. The summed E-state index contributed by atoms with van der Waals surface area (Å²) in [6, 6.07) is 6.26. The van der Waals surface area contributed by atoms with Crippen molar-refractivity contribution in [1.29, 1.82) is 0 Å². The van der Waals surface area contributed by atoms with Crippen molar-refractivity contribution in [1.82, 2.24) is 10.3 Å². The van der Waals surface area contributed by atoms with Gasteiger partial charge < -0.3 is 9.73 Å². The zero-order valence-corrected chi connectivity index (χ0v) is 11.5. The average Bonchev–Trinajstić information content (AvgIpc) is 2.80. The van der Waals surface area contributed by atoms with Crippen LogP contribution in [-0.4, -0.2) is 11.5 Å². The van der Waals surface area contributed by atoms with Gasteiger partial charge in [0.15, 0.2) is 11.5 Å². The van der Waals surface area contributed by atoms with Crippen LogP contribution in [0, 0.1) is 0 Å². The number of benzene rings is 1. The first-order valence-corrected chi connectivity index (χ1v) is 6.88. The third kappa shape index (κ3) is 2.72. The van der Waals surface area contributed by atoms with Gasteiger partial charge in [0.2, 0.25) is 0 Å². The van der Waals surface area contributed by atoms with E-state index in [4.69, 9.17) is 4.42 Å². The summed E-state index contributed by atoms with van der Waals surface area (Å²) in [6.45, 7) is 8.33. The van der Waals surface area contributed by atoms with Gasteiger partial charge >= 0.3 is 0 Å². The molecule has 3 nitrogen and oxygen atoms in total. The summed E-state index contributed by atoms with van der Waals surface area (Å²) in [7, 11) is 0. The Balaban J connectivity index is 2.27. The second kappa shape index (κ2) is 6.01. The van der Waals surface area contributed by atoms with Crippen molar-refractivity contribution < 1.29 is 4.42 Å². The van der Waals surface area contributed by atoms with Crippen molar-refractivity contribution in [2.75, 3.05) is 6.54 Å². The lowest BCUT2D eigenvalue weighted by Gasteiger charge is -2.05. The minimum atomic E-state index is 0.439. The third-order valence-corrected chi connectivity index (χ3v) is 3.38. The summed E-state index contributed by atoms with van der Waals surface area (Å²) in [5, 5.41) is 3.32. The van der Waals surface area contributed by atoms with Gasteiger partial charge in [-0.15, -0.1) is 0 Å². The van der Waals surface area contributed by atoms with E-state index in [9.17, 15) is 0 Å². The Labute approximate surface area is 109 Å². The van der Waals surface area contributed by atoms with Crippen LogP contribution in [0.3, 0.4) is 0 Å². The number of rotatable bonds is 6. The van der Waals surface area contributed by atoms with Crippen molar-refractivity contribution in [2.45, 2.75) is 46.1 Å². The Morgan fingerprint density at radius 1 is 1.22 bits per heavy atom. The number of nitrogens with one attached hydrogen (secondary N) is 1. The van der Waals surface area contributed by atoms with Crippen LogP contribution in [0.15, 0.2) is 22.6 Å². The van der Waals surface area contributed by atoms with Crippen molar-refractivity contribution in [3.05, 3.63) is 29.7 Å². The van der Waals surface area contributed by atoms with Crippen molar-refractivity contribution in [2.24, 2.45) is 0 Å². The lowest BCUT2D eigenvalue weighted by molar-refractivity contribution is 0.453. The summed E-state index contributed by atoms with van der Waals surface area (Å²) in [6.07, 6.45) is 2.15. The molecule has 0 fully saturated rings. The Kier molecular flexibility index (Phi) is 4.37. The predicted octanol–water partition coefficient (Wildman–Crippen LogP) is 3.84. The van der Waals surface area contributed by atoms with Gasteiger partial charge in [0, 0.05) is 12.5 Å². The highest BCUT2D eigenvalue weighted by molar-refractivity contribution is 5.73. The molecule has 3 heteroatoms. The standard InChI is InChI=1S/C15H22N2O/c1-4-12(5-2)15-17-13-8-7-11(10-16-6-3)9-14(13)18-15/h7-9,12,16H,4-6,10H2,1-3H3. The first-order chi connectivity index (χ1) is 8.78. The van der Waals surface area contributed by atoms with E-state index >= 15 is 0 Å². The van der Waals surface area contributed by atoms with Gasteiger partial charge in [0.25, 0.3) is 0 Å². The van der Waals surface area contributed by atoms with Crippen LogP contribution in [0.2, 0.25) is 0 Å². The van der Waals surface area contributed by atoms with E-state index in [0.717, 1.165) is 42.9 Å². The fourth-order valence-electron chi connectivity index (χ4n) is 2.18. The van der Waals surface area contributed by atoms with E-state index in [2.05, 4.69) is 49.3 Å². The number of oxazole rings is 1. The lowest BCUT2D eigenvalue weighted by Crippen LogP contribution is -2.11. The molecule has 0 aliphatic carbocycles. The molecular formula is C15H22N2O. The number of nitrogens with zero attached hydrogens (tertiary/aromatic N) is 1. The molecule has 1 heterocycles. The molecule has 0 amide bonds. The Morgan fingerprint density at radius 2 is 2.00 bits per heavy atom. The van der Waals surface area contributed by atoms with Crippen LogP contribution in [0.5, 0.6) is 0 Å². The average molecular weight is 246 g/mol. The molecule has 2 rings (SSSR count). The van der Waals surface area contributed by atoms with Crippen molar-refractivity contribution in [3.63, 3.8) is 0 Å². The number of aromatic nitrogens is 1. The molecule has 18 heavy (non-hydrogen) atoms. The minimum Gasteiger partial charge on any atom is -0.440 e. The van der Waals surface area contributed by atoms with Gasteiger partial charge in [-0.3, -0.25) is 0 Å². The van der Waals surface area contributed by atoms with E-state index in [1.54, 1.807) is 0 Å². The summed E-state index contributed by atoms with van der Waals surface area (Å²) in [5.74, 6) is 1.32. The molecular weight excluding hydrogens is 224 g/mol. The number of hydrogen-bond donors (Lipinski definition) is 1. The smallest absolute Gasteiger partial charge is 0.198 e. The second-order valence-electron chi connectivity index (χ2n) is 4.65. The van der Waals surface area contributed by atoms with E-state index in [0.29, 0.717) is 5.92 Å². The molecule has 0 spiro atoms. The number of fused-ring (bicyclic) bond motifs is 1. The zero-order valence-electron chi connectivity index (χ0n) is 11.5. The highest BCUT2D eigenvalue weighted by atomic mass is 16.3. The molecule has 0 saturated carbocycles. The highest BCUT2D eigenvalue weighted by Gasteiger charge is 2.14. The monoisotopic (exact) mass is 246 g/mol. The topological polar surface area (TPSA) is 38.1 Å². The molecule has 1 aromatic carbocycles. The molecule has 0 aliphatic rings. The highest BCUT2D eigenvalue weighted by Crippen LogP contribution is 2.26. The second-order valence-corrected chi connectivity index (χ2v) is 4.65. The molecule has 1 aromatic heterocycles. The molecule has 0 aliphatic heterocycles. The molecule has 0 saturated heterocycles. The maximum absolute atomic E-state index is 5.89. The van der Waals surface area contributed by atoms with Gasteiger partial charge in [-0.2, -0.15) is 0 Å². The summed E-state index contributed by atoms with van der Waals surface area (Å²) in [5.41, 5.74) is 3.13. The largest absolute Gasteiger partial charge is 0.440 e. The van der Waals surface area contributed by atoms with E-state index in [1.165, 1.54) is 5.56 Å². The molecule has 0 unspecified atom stereocenters. The van der Waals surface area contributed by atoms with E-state index in [1.807, 2.05) is 0 Å². The fraction of sp³-hybridized carbons (Fsp3) is 0.533. The fourth-order valence-corrected chi connectivity index (χ4v) is 2.18. The van der Waals surface area contributed by atoms with Gasteiger partial charge in [0.05, 0.1) is 0 Å². The summed E-state index contributed by atoms with van der Waals surface area (Å²) < 4.78 is 5.89. The Morgan fingerprint density at radius 3 is 2.67 bits per heavy atom. The van der Waals surface area contributed by atoms with Crippen molar-refractivity contribution >= 4 is 11.1 Å². The maximum atomic E-state index is 5.89. The van der Waals surface area contributed by atoms with E-state index in [-0.39, 0.29) is 0 Å². The van der Waals surface area contributed by atoms with Crippen molar-refractivity contribution in [3.8, 4) is 0 Å².